The molecule has 0 aliphatic heterocycles. The standard InChI is InChI=1S/C19H27N3O3/c1-4-12-21-13-11-19(2,25)16-8-5-15(6-9-16)7-10-17(20-3)18(24)22-14-23/h5-6,8-9,14,17,20-21,25H,4,11-13H2,1-3H3,(H,22,23,24). The van der Waals surface area contributed by atoms with Crippen molar-refractivity contribution in [2.24, 2.45) is 0 Å². The van der Waals surface area contributed by atoms with E-state index in [0.717, 1.165) is 30.6 Å². The van der Waals surface area contributed by atoms with Crippen LogP contribution in [0.5, 0.6) is 0 Å². The highest BCUT2D eigenvalue weighted by atomic mass is 16.3. The Bertz CT molecular complexity index is 615. The number of hydrogen-bond acceptors (Lipinski definition) is 5. The van der Waals surface area contributed by atoms with E-state index in [1.165, 1.54) is 0 Å². The second kappa shape index (κ2) is 10.6. The van der Waals surface area contributed by atoms with Gasteiger partial charge in [0.05, 0.1) is 5.60 Å². The van der Waals surface area contributed by atoms with Crippen LogP contribution in [0.15, 0.2) is 24.3 Å². The highest BCUT2D eigenvalue weighted by molar-refractivity contribution is 5.92. The molecule has 0 aliphatic rings. The van der Waals surface area contributed by atoms with Crippen LogP contribution in [0.1, 0.15) is 37.8 Å². The Kier molecular flexibility index (Phi) is 8.86. The monoisotopic (exact) mass is 345 g/mol. The highest BCUT2D eigenvalue weighted by Gasteiger charge is 2.22. The van der Waals surface area contributed by atoms with Crippen LogP contribution < -0.4 is 16.0 Å². The summed E-state index contributed by atoms with van der Waals surface area (Å²) in [5, 5.41) is 18.7. The Balaban J connectivity index is 2.74. The van der Waals surface area contributed by atoms with E-state index in [2.05, 4.69) is 34.7 Å². The van der Waals surface area contributed by atoms with Crippen LogP contribution in [0.4, 0.5) is 0 Å². The molecule has 2 unspecified atom stereocenters. The van der Waals surface area contributed by atoms with Gasteiger partial charge in [0, 0.05) is 5.56 Å². The molecule has 25 heavy (non-hydrogen) atoms. The molecule has 0 aliphatic carbocycles. The maximum absolute atomic E-state index is 11.6. The molecule has 0 saturated carbocycles. The molecule has 6 nitrogen and oxygen atoms in total. The molecule has 0 bridgehead atoms. The Morgan fingerprint density at radius 1 is 1.32 bits per heavy atom. The van der Waals surface area contributed by atoms with Crippen LogP contribution in [0.2, 0.25) is 0 Å². The molecule has 6 heteroatoms. The summed E-state index contributed by atoms with van der Waals surface area (Å²) >= 11 is 0. The van der Waals surface area contributed by atoms with Gasteiger partial charge in [-0.05, 0) is 57.6 Å². The Labute approximate surface area is 149 Å². The lowest BCUT2D eigenvalue weighted by Gasteiger charge is -2.24. The van der Waals surface area contributed by atoms with E-state index in [-0.39, 0.29) is 0 Å². The van der Waals surface area contributed by atoms with Crippen LogP contribution in [-0.2, 0) is 15.2 Å². The van der Waals surface area contributed by atoms with Crippen molar-refractivity contribution in [1.29, 1.82) is 0 Å². The number of aliphatic hydroxyl groups is 1. The minimum Gasteiger partial charge on any atom is -0.385 e. The van der Waals surface area contributed by atoms with Gasteiger partial charge in [0.2, 0.25) is 6.41 Å². The molecular formula is C19H27N3O3. The first kappa shape index (κ1) is 20.8. The van der Waals surface area contributed by atoms with Crippen molar-refractivity contribution in [2.45, 2.75) is 38.3 Å². The number of imide groups is 1. The van der Waals surface area contributed by atoms with E-state index >= 15 is 0 Å². The number of hydrogen-bond donors (Lipinski definition) is 4. The van der Waals surface area contributed by atoms with Gasteiger partial charge in [-0.25, -0.2) is 0 Å². The summed E-state index contributed by atoms with van der Waals surface area (Å²) < 4.78 is 0. The van der Waals surface area contributed by atoms with Crippen LogP contribution in [0, 0.1) is 11.8 Å². The fraction of sp³-hybridized carbons (Fsp3) is 0.474. The van der Waals surface area contributed by atoms with Gasteiger partial charge in [-0.15, -0.1) is 0 Å². The van der Waals surface area contributed by atoms with Gasteiger partial charge in [0.25, 0.3) is 5.91 Å². The number of benzene rings is 1. The average molecular weight is 345 g/mol. The van der Waals surface area contributed by atoms with Crippen molar-refractivity contribution in [3.63, 3.8) is 0 Å². The molecule has 1 rings (SSSR count). The Hall–Kier alpha value is -2.20. The third-order valence-electron chi connectivity index (χ3n) is 3.84. The maximum atomic E-state index is 11.6. The van der Waals surface area contributed by atoms with Gasteiger partial charge in [-0.3, -0.25) is 20.2 Å². The summed E-state index contributed by atoms with van der Waals surface area (Å²) in [6.45, 7) is 5.58. The zero-order valence-corrected chi connectivity index (χ0v) is 15.1. The lowest BCUT2D eigenvalue weighted by molar-refractivity contribution is -0.125. The number of nitrogens with one attached hydrogen (secondary N) is 3. The molecular weight excluding hydrogens is 318 g/mol. The molecule has 0 radical (unpaired) electrons. The van der Waals surface area contributed by atoms with E-state index in [0.29, 0.717) is 12.8 Å². The molecule has 4 N–H and O–H groups in total. The number of rotatable bonds is 9. The van der Waals surface area contributed by atoms with Crippen molar-refractivity contribution < 1.29 is 14.7 Å². The molecule has 1 aromatic rings. The largest absolute Gasteiger partial charge is 0.385 e. The van der Waals surface area contributed by atoms with Crippen LogP contribution in [0.3, 0.4) is 0 Å². The predicted octanol–water partition coefficient (Wildman–Crippen LogP) is 0.496. The molecule has 0 heterocycles. The summed E-state index contributed by atoms with van der Waals surface area (Å²) in [4.78, 5) is 21.9. The van der Waals surface area contributed by atoms with Gasteiger partial charge < -0.3 is 10.4 Å². The molecule has 1 aromatic carbocycles. The molecule has 2 atom stereocenters. The number of carbonyl (C=O) groups is 2. The van der Waals surface area contributed by atoms with Crippen molar-refractivity contribution in [2.75, 3.05) is 20.1 Å². The SMILES string of the molecule is CCCNCCC(C)(O)c1ccc(C#CC(NC)C(=O)NC=O)cc1. The minimum absolute atomic E-state index is 0.334. The van der Waals surface area contributed by atoms with Crippen LogP contribution in [-0.4, -0.2) is 43.6 Å². The third kappa shape index (κ3) is 7.06. The predicted molar refractivity (Wildman–Crippen MR) is 97.7 cm³/mol. The summed E-state index contributed by atoms with van der Waals surface area (Å²) in [5.41, 5.74) is 0.632. The molecule has 136 valence electrons. The van der Waals surface area contributed by atoms with Gasteiger partial charge >= 0.3 is 0 Å². The average Bonchev–Trinajstić information content (AvgIpc) is 2.60. The van der Waals surface area contributed by atoms with Gasteiger partial charge in [0.15, 0.2) is 0 Å². The second-order valence-electron chi connectivity index (χ2n) is 5.97. The van der Waals surface area contributed by atoms with E-state index in [1.54, 1.807) is 26.1 Å². The van der Waals surface area contributed by atoms with Gasteiger partial charge in [0.1, 0.15) is 6.04 Å². The van der Waals surface area contributed by atoms with Crippen LogP contribution >= 0.6 is 0 Å². The summed E-state index contributed by atoms with van der Waals surface area (Å²) in [5.74, 6) is 5.17. The fourth-order valence-corrected chi connectivity index (χ4v) is 2.26. The smallest absolute Gasteiger partial charge is 0.255 e. The van der Waals surface area contributed by atoms with Crippen molar-refractivity contribution >= 4 is 12.3 Å². The maximum Gasteiger partial charge on any atom is 0.255 e. The second-order valence-corrected chi connectivity index (χ2v) is 5.97. The lowest BCUT2D eigenvalue weighted by Crippen LogP contribution is -2.41. The van der Waals surface area contributed by atoms with Crippen LogP contribution in [0.25, 0.3) is 0 Å². The van der Waals surface area contributed by atoms with Crippen molar-refractivity contribution in [1.82, 2.24) is 16.0 Å². The normalized spacial score (nSPS) is 13.9. The summed E-state index contributed by atoms with van der Waals surface area (Å²) in [6, 6.07) is 6.52. The highest BCUT2D eigenvalue weighted by Crippen LogP contribution is 2.24. The Morgan fingerprint density at radius 2 is 2.00 bits per heavy atom. The fourth-order valence-electron chi connectivity index (χ4n) is 2.26. The van der Waals surface area contributed by atoms with Gasteiger partial charge in [-0.2, -0.15) is 0 Å². The molecule has 0 aromatic heterocycles. The Morgan fingerprint density at radius 3 is 2.56 bits per heavy atom. The van der Waals surface area contributed by atoms with E-state index in [1.807, 2.05) is 12.1 Å². The zero-order chi connectivity index (χ0) is 18.7. The topological polar surface area (TPSA) is 90.5 Å². The first-order valence-electron chi connectivity index (χ1n) is 8.41. The lowest BCUT2D eigenvalue weighted by atomic mass is 9.92. The number of amides is 2. The molecule has 0 spiro atoms. The number of likely N-dealkylation sites (N-methyl/N-ethyl adjacent to an activating group) is 1. The van der Waals surface area contributed by atoms with Crippen molar-refractivity contribution in [3.8, 4) is 11.8 Å². The first-order valence-corrected chi connectivity index (χ1v) is 8.41. The van der Waals surface area contributed by atoms with Crippen molar-refractivity contribution in [3.05, 3.63) is 35.4 Å². The van der Waals surface area contributed by atoms with Gasteiger partial charge in [-0.1, -0.05) is 30.9 Å². The summed E-state index contributed by atoms with van der Waals surface area (Å²) in [7, 11) is 1.59. The number of carbonyl (C=O) groups excluding carboxylic acids is 2. The van der Waals surface area contributed by atoms with E-state index < -0.39 is 17.6 Å². The quantitative estimate of drug-likeness (QED) is 0.297. The van der Waals surface area contributed by atoms with E-state index in [9.17, 15) is 14.7 Å². The molecule has 0 saturated heterocycles. The first-order chi connectivity index (χ1) is 11.9. The minimum atomic E-state index is -0.913. The van der Waals surface area contributed by atoms with E-state index in [4.69, 9.17) is 0 Å². The molecule has 0 fully saturated rings. The third-order valence-corrected chi connectivity index (χ3v) is 3.84. The zero-order valence-electron chi connectivity index (χ0n) is 15.1. The molecule has 2 amide bonds. The summed E-state index contributed by atoms with van der Waals surface area (Å²) in [6.07, 6.45) is 2.01.